The summed E-state index contributed by atoms with van der Waals surface area (Å²) in [5, 5.41) is 12.6. The van der Waals surface area contributed by atoms with Gasteiger partial charge in [0.2, 0.25) is 0 Å². The van der Waals surface area contributed by atoms with Crippen molar-refractivity contribution in [2.24, 2.45) is 5.73 Å². The lowest BCUT2D eigenvalue weighted by atomic mass is 10.0. The molecule has 0 aliphatic carbocycles. The normalized spacial score (nSPS) is 12.6. The Labute approximate surface area is 179 Å². The van der Waals surface area contributed by atoms with Crippen LogP contribution < -0.4 is 15.8 Å². The minimum Gasteiger partial charge on any atom is -0.497 e. The van der Waals surface area contributed by atoms with Gasteiger partial charge in [0.05, 0.1) is 36.2 Å². The van der Waals surface area contributed by atoms with E-state index in [-0.39, 0.29) is 23.7 Å². The van der Waals surface area contributed by atoms with Crippen LogP contribution >= 0.6 is 0 Å². The molecule has 0 saturated heterocycles. The summed E-state index contributed by atoms with van der Waals surface area (Å²) in [5.41, 5.74) is 8.73. The largest absolute Gasteiger partial charge is 0.497 e. The molecule has 0 radical (unpaired) electrons. The Morgan fingerprint density at radius 1 is 1.10 bits per heavy atom. The van der Waals surface area contributed by atoms with E-state index in [0.29, 0.717) is 35.9 Å². The molecule has 1 aliphatic heterocycles. The van der Waals surface area contributed by atoms with Gasteiger partial charge in [-0.3, -0.25) is 4.79 Å². The molecule has 1 aliphatic rings. The van der Waals surface area contributed by atoms with E-state index in [2.05, 4.69) is 11.4 Å². The zero-order valence-corrected chi connectivity index (χ0v) is 17.0. The minimum absolute atomic E-state index is 0.168. The number of primary amides is 1. The van der Waals surface area contributed by atoms with E-state index in [4.69, 9.17) is 10.5 Å². The van der Waals surface area contributed by atoms with Crippen molar-refractivity contribution in [3.05, 3.63) is 71.4 Å². The quantitative estimate of drug-likeness (QED) is 0.681. The molecule has 3 amide bonds. The number of hydrogen-bond acceptors (Lipinski definition) is 4. The van der Waals surface area contributed by atoms with Crippen LogP contribution in [-0.2, 0) is 13.1 Å². The molecule has 31 heavy (non-hydrogen) atoms. The summed E-state index contributed by atoms with van der Waals surface area (Å²) in [4.78, 5) is 26.7. The number of nitriles is 1. The van der Waals surface area contributed by atoms with Gasteiger partial charge in [-0.25, -0.2) is 4.79 Å². The summed E-state index contributed by atoms with van der Waals surface area (Å²) in [5.74, 6) is 0.0114. The third-order valence-electron chi connectivity index (χ3n) is 5.34. The van der Waals surface area contributed by atoms with Crippen LogP contribution in [0.2, 0.25) is 0 Å². The molecule has 1 aromatic heterocycles. The van der Waals surface area contributed by atoms with E-state index < -0.39 is 5.91 Å². The maximum absolute atomic E-state index is 12.8. The molecule has 0 saturated carbocycles. The Hall–Kier alpha value is -4.25. The molecule has 3 N–H and O–H groups in total. The van der Waals surface area contributed by atoms with E-state index in [1.54, 1.807) is 36.3 Å². The Kier molecular flexibility index (Phi) is 5.33. The van der Waals surface area contributed by atoms with Crippen molar-refractivity contribution in [3.63, 3.8) is 0 Å². The molecule has 0 atom stereocenters. The van der Waals surface area contributed by atoms with Crippen molar-refractivity contribution < 1.29 is 14.3 Å². The number of carbonyl (C=O) groups is 2. The molecule has 8 heteroatoms. The number of benzene rings is 2. The highest BCUT2D eigenvalue weighted by atomic mass is 16.5. The van der Waals surface area contributed by atoms with Gasteiger partial charge in [0.1, 0.15) is 11.8 Å². The molecule has 2 heterocycles. The van der Waals surface area contributed by atoms with Crippen LogP contribution in [0.1, 0.15) is 21.6 Å². The number of anilines is 1. The number of nitrogens with two attached hydrogens (primary N) is 1. The first-order valence-corrected chi connectivity index (χ1v) is 9.74. The molecule has 0 spiro atoms. The van der Waals surface area contributed by atoms with Crippen LogP contribution in [0.15, 0.2) is 54.6 Å². The van der Waals surface area contributed by atoms with Gasteiger partial charge in [-0.15, -0.1) is 0 Å². The third kappa shape index (κ3) is 3.69. The second-order valence-corrected chi connectivity index (χ2v) is 7.12. The average Bonchev–Trinajstić information content (AvgIpc) is 3.14. The van der Waals surface area contributed by atoms with Crippen LogP contribution in [0, 0.1) is 11.3 Å². The van der Waals surface area contributed by atoms with Crippen molar-refractivity contribution in [1.82, 2.24) is 9.47 Å². The van der Waals surface area contributed by atoms with Gasteiger partial charge in [0.15, 0.2) is 0 Å². The highest BCUT2D eigenvalue weighted by Gasteiger charge is 2.32. The maximum atomic E-state index is 12.8. The molecule has 0 bridgehead atoms. The minimum atomic E-state index is -0.681. The molecule has 8 nitrogen and oxygen atoms in total. The predicted octanol–water partition coefficient (Wildman–Crippen LogP) is 3.18. The Balaban J connectivity index is 1.67. The van der Waals surface area contributed by atoms with Crippen LogP contribution in [0.3, 0.4) is 0 Å². The lowest BCUT2D eigenvalue weighted by Crippen LogP contribution is -2.41. The van der Waals surface area contributed by atoms with Gasteiger partial charge in [-0.1, -0.05) is 30.3 Å². The summed E-state index contributed by atoms with van der Waals surface area (Å²) in [6, 6.07) is 18.3. The number of rotatable bonds is 4. The number of nitrogens with zero attached hydrogens (tertiary/aromatic N) is 3. The second kappa shape index (κ2) is 8.24. The predicted molar refractivity (Wildman–Crippen MR) is 116 cm³/mol. The topological polar surface area (TPSA) is 113 Å². The van der Waals surface area contributed by atoms with Gasteiger partial charge in [0, 0.05) is 18.8 Å². The number of nitrogens with one attached hydrogen (secondary N) is 1. The molecule has 156 valence electrons. The molecule has 0 unspecified atom stereocenters. The van der Waals surface area contributed by atoms with Gasteiger partial charge in [0.25, 0.3) is 5.91 Å². The smallest absolute Gasteiger partial charge is 0.322 e. The van der Waals surface area contributed by atoms with E-state index in [9.17, 15) is 14.9 Å². The standard InChI is InChI=1S/C23H21N5O3/c1-31-17-9-7-16(8-10-17)26-23(30)27-11-12-28-19(14-27)20(22(25)29)18(13-24)21(28)15-5-3-2-4-6-15/h2-10H,11-12,14H2,1H3,(H2,25,29)(H,26,30). The number of carbonyl (C=O) groups excluding carboxylic acids is 2. The van der Waals surface area contributed by atoms with Crippen LogP contribution in [0.5, 0.6) is 5.75 Å². The fourth-order valence-corrected chi connectivity index (χ4v) is 3.88. The van der Waals surface area contributed by atoms with E-state index >= 15 is 0 Å². The SMILES string of the molecule is COc1ccc(NC(=O)N2CCn3c(c(C(N)=O)c(C#N)c3-c3ccccc3)C2)cc1. The van der Waals surface area contributed by atoms with Crippen LogP contribution in [-0.4, -0.2) is 35.1 Å². The summed E-state index contributed by atoms with van der Waals surface area (Å²) in [6.45, 7) is 1.03. The van der Waals surface area contributed by atoms with Gasteiger partial charge < -0.3 is 25.3 Å². The maximum Gasteiger partial charge on any atom is 0.322 e. The van der Waals surface area contributed by atoms with E-state index in [1.165, 1.54) is 0 Å². The van der Waals surface area contributed by atoms with Crippen molar-refractivity contribution in [3.8, 4) is 23.1 Å². The highest BCUT2D eigenvalue weighted by molar-refractivity contribution is 6.00. The number of methoxy groups -OCH3 is 1. The first kappa shape index (κ1) is 20.0. The molecular weight excluding hydrogens is 394 g/mol. The summed E-state index contributed by atoms with van der Waals surface area (Å²) in [7, 11) is 1.58. The summed E-state index contributed by atoms with van der Waals surface area (Å²) >= 11 is 0. The number of ether oxygens (including phenoxy) is 1. The van der Waals surface area contributed by atoms with Crippen molar-refractivity contribution >= 4 is 17.6 Å². The first-order chi connectivity index (χ1) is 15.0. The monoisotopic (exact) mass is 415 g/mol. The van der Waals surface area contributed by atoms with E-state index in [1.807, 2.05) is 34.9 Å². The third-order valence-corrected chi connectivity index (χ3v) is 5.34. The average molecular weight is 415 g/mol. The number of fused-ring (bicyclic) bond motifs is 1. The molecular formula is C23H21N5O3. The molecule has 2 aromatic carbocycles. The number of urea groups is 1. The van der Waals surface area contributed by atoms with Gasteiger partial charge >= 0.3 is 6.03 Å². The number of amides is 3. The van der Waals surface area contributed by atoms with Crippen molar-refractivity contribution in [2.45, 2.75) is 13.1 Å². The lowest BCUT2D eigenvalue weighted by Gasteiger charge is -2.30. The van der Waals surface area contributed by atoms with Crippen LogP contribution in [0.25, 0.3) is 11.3 Å². The number of hydrogen-bond donors (Lipinski definition) is 2. The highest BCUT2D eigenvalue weighted by Crippen LogP contribution is 2.34. The Morgan fingerprint density at radius 3 is 2.42 bits per heavy atom. The van der Waals surface area contributed by atoms with Gasteiger partial charge in [-0.05, 0) is 29.8 Å². The van der Waals surface area contributed by atoms with Crippen molar-refractivity contribution in [2.75, 3.05) is 19.0 Å². The summed E-state index contributed by atoms with van der Waals surface area (Å²) < 4.78 is 7.05. The van der Waals surface area contributed by atoms with Crippen molar-refractivity contribution in [1.29, 1.82) is 5.26 Å². The zero-order chi connectivity index (χ0) is 22.0. The molecule has 4 rings (SSSR count). The Morgan fingerprint density at radius 2 is 1.81 bits per heavy atom. The first-order valence-electron chi connectivity index (χ1n) is 9.74. The summed E-state index contributed by atoms with van der Waals surface area (Å²) in [6.07, 6.45) is 0. The second-order valence-electron chi connectivity index (χ2n) is 7.12. The number of aromatic nitrogens is 1. The zero-order valence-electron chi connectivity index (χ0n) is 17.0. The Bertz CT molecular complexity index is 1180. The lowest BCUT2D eigenvalue weighted by molar-refractivity contribution is 0.0997. The fraction of sp³-hybridized carbons (Fsp3) is 0.174. The molecule has 3 aromatic rings. The molecule has 0 fully saturated rings. The van der Waals surface area contributed by atoms with Gasteiger partial charge in [-0.2, -0.15) is 5.26 Å². The van der Waals surface area contributed by atoms with Crippen LogP contribution in [0.4, 0.5) is 10.5 Å². The van der Waals surface area contributed by atoms with E-state index in [0.717, 1.165) is 5.56 Å². The fourth-order valence-electron chi connectivity index (χ4n) is 3.88.